The van der Waals surface area contributed by atoms with Crippen LogP contribution in [0.4, 0.5) is 0 Å². The van der Waals surface area contributed by atoms with Gasteiger partial charge in [-0.1, -0.05) is 0 Å². The Morgan fingerprint density at radius 1 is 1.20 bits per heavy atom. The predicted octanol–water partition coefficient (Wildman–Crippen LogP) is -1.37. The van der Waals surface area contributed by atoms with E-state index in [1.807, 2.05) is 5.43 Å². The monoisotopic (exact) mass is 140 g/mol. The van der Waals surface area contributed by atoms with Gasteiger partial charge in [-0.05, 0) is 6.92 Å². The van der Waals surface area contributed by atoms with E-state index in [9.17, 15) is 14.4 Å². The molecule has 0 atom stereocenters. The molecule has 1 heterocycles. The molecular weight excluding hydrogens is 136 g/mol. The first kappa shape index (κ1) is 6.60. The van der Waals surface area contributed by atoms with E-state index >= 15 is 0 Å². The minimum Gasteiger partial charge on any atom is -0.283 e. The normalized spacial score (nSPS) is 18.5. The van der Waals surface area contributed by atoms with E-state index in [4.69, 9.17) is 0 Å². The Kier molecular flexibility index (Phi) is 1.33. The number of carbonyl (C=O) groups is 3. The molecule has 0 radical (unpaired) electrons. The fraction of sp³-hybridized carbons (Fsp3) is 0.200. The van der Waals surface area contributed by atoms with Crippen LogP contribution in [0.1, 0.15) is 6.92 Å². The van der Waals surface area contributed by atoms with E-state index in [1.54, 1.807) is 0 Å². The summed E-state index contributed by atoms with van der Waals surface area (Å²) in [6.45, 7) is 1.36. The minimum absolute atomic E-state index is 0.0181. The van der Waals surface area contributed by atoms with Crippen LogP contribution in [-0.4, -0.2) is 23.2 Å². The van der Waals surface area contributed by atoms with E-state index in [-0.39, 0.29) is 5.71 Å². The Morgan fingerprint density at radius 2 is 1.80 bits per heavy atom. The van der Waals surface area contributed by atoms with Crippen LogP contribution < -0.4 is 5.43 Å². The molecule has 0 fully saturated rings. The number of rotatable bonds is 0. The number of Topliss-reactive ketones (excluding diaryl/α,β-unsaturated/α-hetero) is 2. The lowest BCUT2D eigenvalue weighted by molar-refractivity contribution is -0.143. The lowest BCUT2D eigenvalue weighted by atomic mass is 10.1. The molecule has 0 aromatic heterocycles. The zero-order valence-electron chi connectivity index (χ0n) is 5.17. The van der Waals surface area contributed by atoms with Crippen LogP contribution >= 0.6 is 0 Å². The molecule has 1 rings (SSSR count). The highest BCUT2D eigenvalue weighted by Gasteiger charge is 2.28. The molecule has 52 valence electrons. The summed E-state index contributed by atoms with van der Waals surface area (Å²) in [5, 5.41) is 3.29. The summed E-state index contributed by atoms with van der Waals surface area (Å²) in [6.07, 6.45) is 0. The van der Waals surface area contributed by atoms with Gasteiger partial charge in [-0.15, -0.1) is 0 Å². The third-order valence-corrected chi connectivity index (χ3v) is 1.07. The summed E-state index contributed by atoms with van der Waals surface area (Å²) in [5.41, 5.74) is 1.91. The molecule has 1 aliphatic rings. The number of nitrogens with zero attached hydrogens (tertiary/aromatic N) is 1. The number of carbonyl (C=O) groups excluding carboxylic acids is 3. The van der Waals surface area contributed by atoms with Crippen molar-refractivity contribution in [1.29, 1.82) is 0 Å². The van der Waals surface area contributed by atoms with Gasteiger partial charge in [0.15, 0.2) is 0 Å². The van der Waals surface area contributed by atoms with Gasteiger partial charge in [0, 0.05) is 0 Å². The van der Waals surface area contributed by atoms with Gasteiger partial charge in [0.25, 0.3) is 11.6 Å². The zero-order valence-corrected chi connectivity index (χ0v) is 5.17. The first-order valence-electron chi connectivity index (χ1n) is 2.56. The fourth-order valence-corrected chi connectivity index (χ4v) is 0.504. The SMILES string of the molecule is CC1=NNC(=O)C(=O)C1=O. The molecule has 0 spiro atoms. The molecular formula is C5H4N2O3. The summed E-state index contributed by atoms with van der Waals surface area (Å²) in [6, 6.07) is 0. The maximum Gasteiger partial charge on any atom is 0.316 e. The maximum absolute atomic E-state index is 10.6. The van der Waals surface area contributed by atoms with Gasteiger partial charge in [-0.25, -0.2) is 5.43 Å². The molecule has 0 saturated carbocycles. The average molecular weight is 140 g/mol. The Balaban J connectivity index is 3.03. The largest absolute Gasteiger partial charge is 0.316 e. The molecule has 5 nitrogen and oxygen atoms in total. The summed E-state index contributed by atoms with van der Waals surface area (Å²) < 4.78 is 0. The van der Waals surface area contributed by atoms with Crippen molar-refractivity contribution < 1.29 is 14.4 Å². The molecule has 10 heavy (non-hydrogen) atoms. The summed E-state index contributed by atoms with van der Waals surface area (Å²) in [5.74, 6) is -2.84. The second-order valence-electron chi connectivity index (χ2n) is 1.80. The predicted molar refractivity (Wildman–Crippen MR) is 31.3 cm³/mol. The molecule has 5 heteroatoms. The van der Waals surface area contributed by atoms with Gasteiger partial charge in [0.2, 0.25) is 0 Å². The highest BCUT2D eigenvalue weighted by atomic mass is 16.2. The number of amides is 1. The number of nitrogens with one attached hydrogen (secondary N) is 1. The van der Waals surface area contributed by atoms with Crippen molar-refractivity contribution in [2.45, 2.75) is 6.92 Å². The van der Waals surface area contributed by atoms with E-state index in [2.05, 4.69) is 5.10 Å². The topological polar surface area (TPSA) is 75.6 Å². The van der Waals surface area contributed by atoms with Crippen LogP contribution in [-0.2, 0) is 14.4 Å². The first-order valence-corrected chi connectivity index (χ1v) is 2.56. The van der Waals surface area contributed by atoms with Crippen LogP contribution in [0.5, 0.6) is 0 Å². The van der Waals surface area contributed by atoms with Crippen molar-refractivity contribution >= 4 is 23.2 Å². The Morgan fingerprint density at radius 3 is 2.30 bits per heavy atom. The van der Waals surface area contributed by atoms with Gasteiger partial charge in [-0.3, -0.25) is 14.4 Å². The van der Waals surface area contributed by atoms with Gasteiger partial charge in [0.1, 0.15) is 5.71 Å². The fourth-order valence-electron chi connectivity index (χ4n) is 0.504. The van der Waals surface area contributed by atoms with E-state index in [0.29, 0.717) is 0 Å². The van der Waals surface area contributed by atoms with Crippen molar-refractivity contribution in [2.24, 2.45) is 5.10 Å². The quantitative estimate of drug-likeness (QED) is 0.422. The Hall–Kier alpha value is -1.52. The number of hydrogen-bond donors (Lipinski definition) is 1. The molecule has 0 aliphatic carbocycles. The van der Waals surface area contributed by atoms with Crippen molar-refractivity contribution in [3.63, 3.8) is 0 Å². The van der Waals surface area contributed by atoms with Crippen molar-refractivity contribution in [3.8, 4) is 0 Å². The molecule has 1 N–H and O–H groups in total. The van der Waals surface area contributed by atoms with Crippen molar-refractivity contribution in [2.75, 3.05) is 0 Å². The minimum atomic E-state index is -1.05. The Labute approximate surface area is 56.1 Å². The van der Waals surface area contributed by atoms with E-state index < -0.39 is 17.5 Å². The average Bonchev–Trinajstić information content (AvgIpc) is 1.93. The summed E-state index contributed by atoms with van der Waals surface area (Å²) in [4.78, 5) is 31.4. The third kappa shape index (κ3) is 0.812. The highest BCUT2D eigenvalue weighted by molar-refractivity contribution is 6.79. The second-order valence-corrected chi connectivity index (χ2v) is 1.80. The van der Waals surface area contributed by atoms with Crippen LogP contribution in [0, 0.1) is 0 Å². The third-order valence-electron chi connectivity index (χ3n) is 1.07. The standard InChI is InChI=1S/C5H4N2O3/c1-2-3(8)4(9)5(10)7-6-2/h1H3,(H,7,10). The molecule has 0 unspecified atom stereocenters. The number of hydrazone groups is 1. The zero-order chi connectivity index (χ0) is 7.72. The van der Waals surface area contributed by atoms with Gasteiger partial charge < -0.3 is 0 Å². The van der Waals surface area contributed by atoms with Gasteiger partial charge >= 0.3 is 5.91 Å². The molecule has 0 saturated heterocycles. The maximum atomic E-state index is 10.6. The van der Waals surface area contributed by atoms with E-state index in [0.717, 1.165) is 0 Å². The molecule has 0 bridgehead atoms. The van der Waals surface area contributed by atoms with Crippen LogP contribution in [0.3, 0.4) is 0 Å². The van der Waals surface area contributed by atoms with Crippen molar-refractivity contribution in [1.82, 2.24) is 5.43 Å². The van der Waals surface area contributed by atoms with Gasteiger partial charge in [-0.2, -0.15) is 5.10 Å². The smallest absolute Gasteiger partial charge is 0.283 e. The number of hydrogen-bond acceptors (Lipinski definition) is 4. The molecule has 1 amide bonds. The van der Waals surface area contributed by atoms with E-state index in [1.165, 1.54) is 6.92 Å². The molecule has 1 aliphatic heterocycles. The van der Waals surface area contributed by atoms with Crippen LogP contribution in [0.15, 0.2) is 5.10 Å². The molecule has 0 aromatic carbocycles. The summed E-state index contributed by atoms with van der Waals surface area (Å²) >= 11 is 0. The lowest BCUT2D eigenvalue weighted by Gasteiger charge is -2.04. The number of ketones is 2. The second kappa shape index (κ2) is 2.02. The van der Waals surface area contributed by atoms with Gasteiger partial charge in [0.05, 0.1) is 0 Å². The summed E-state index contributed by atoms with van der Waals surface area (Å²) in [7, 11) is 0. The van der Waals surface area contributed by atoms with Crippen LogP contribution in [0.25, 0.3) is 0 Å². The lowest BCUT2D eigenvalue weighted by Crippen LogP contribution is -2.41. The first-order chi connectivity index (χ1) is 4.63. The molecule has 0 aromatic rings. The highest BCUT2D eigenvalue weighted by Crippen LogP contribution is 1.89. The Bertz CT molecular complexity index is 254. The van der Waals surface area contributed by atoms with Crippen molar-refractivity contribution in [3.05, 3.63) is 0 Å². The van der Waals surface area contributed by atoms with Crippen LogP contribution in [0.2, 0.25) is 0 Å².